The lowest BCUT2D eigenvalue weighted by atomic mass is 9.87. The van der Waals surface area contributed by atoms with E-state index in [9.17, 15) is 5.11 Å². The molecule has 2 aliphatic heterocycles. The van der Waals surface area contributed by atoms with Crippen LogP contribution in [-0.2, 0) is 6.42 Å². The van der Waals surface area contributed by atoms with Gasteiger partial charge in [0.2, 0.25) is 0 Å². The molecule has 80 valence electrons. The Morgan fingerprint density at radius 1 is 1.20 bits per heavy atom. The molecule has 1 aromatic carbocycles. The van der Waals surface area contributed by atoms with Crippen molar-refractivity contribution < 1.29 is 5.11 Å². The zero-order chi connectivity index (χ0) is 10.3. The highest BCUT2D eigenvalue weighted by molar-refractivity contribution is 5.38. The third-order valence-corrected chi connectivity index (χ3v) is 3.77. The van der Waals surface area contributed by atoms with Crippen molar-refractivity contribution in [2.75, 3.05) is 13.1 Å². The van der Waals surface area contributed by atoms with E-state index in [1.807, 2.05) is 12.1 Å². The summed E-state index contributed by atoms with van der Waals surface area (Å²) in [6, 6.07) is 6.46. The molecule has 0 radical (unpaired) electrons. The lowest BCUT2D eigenvalue weighted by Gasteiger charge is -2.40. The molecular formula is C13H17NO. The molecular weight excluding hydrogens is 186 g/mol. The Morgan fingerprint density at radius 2 is 2.13 bits per heavy atom. The normalized spacial score (nSPS) is 25.7. The van der Waals surface area contributed by atoms with Gasteiger partial charge in [-0.3, -0.25) is 4.90 Å². The molecule has 0 bridgehead atoms. The zero-order valence-corrected chi connectivity index (χ0v) is 8.95. The van der Waals surface area contributed by atoms with Crippen LogP contribution in [0.5, 0.6) is 5.75 Å². The smallest absolute Gasteiger partial charge is 0.115 e. The molecule has 3 rings (SSSR count). The summed E-state index contributed by atoms with van der Waals surface area (Å²) in [5.41, 5.74) is 2.82. The van der Waals surface area contributed by atoms with Crippen molar-refractivity contribution in [2.45, 2.75) is 31.7 Å². The van der Waals surface area contributed by atoms with Gasteiger partial charge in [-0.2, -0.15) is 0 Å². The molecule has 0 aliphatic carbocycles. The van der Waals surface area contributed by atoms with Gasteiger partial charge in [0.15, 0.2) is 0 Å². The van der Waals surface area contributed by atoms with E-state index in [4.69, 9.17) is 0 Å². The zero-order valence-electron chi connectivity index (χ0n) is 8.95. The number of nitrogens with zero attached hydrogens (tertiary/aromatic N) is 1. The van der Waals surface area contributed by atoms with Gasteiger partial charge >= 0.3 is 0 Å². The quantitative estimate of drug-likeness (QED) is 0.700. The largest absolute Gasteiger partial charge is 0.508 e. The van der Waals surface area contributed by atoms with Gasteiger partial charge in [-0.05, 0) is 49.1 Å². The molecule has 1 N–H and O–H groups in total. The Kier molecular flexibility index (Phi) is 2.17. The highest BCUT2D eigenvalue weighted by atomic mass is 16.3. The van der Waals surface area contributed by atoms with Crippen LogP contribution in [0.4, 0.5) is 0 Å². The van der Waals surface area contributed by atoms with Gasteiger partial charge in [-0.15, -0.1) is 0 Å². The molecule has 0 spiro atoms. The summed E-state index contributed by atoms with van der Waals surface area (Å²) in [6.07, 6.45) is 5.07. The molecule has 2 nitrogen and oxygen atoms in total. The molecule has 2 heteroatoms. The highest BCUT2D eigenvalue weighted by Crippen LogP contribution is 2.37. The first-order valence-electron chi connectivity index (χ1n) is 5.90. The Labute approximate surface area is 90.5 Å². The number of aromatic hydroxyl groups is 1. The van der Waals surface area contributed by atoms with E-state index in [2.05, 4.69) is 11.0 Å². The fourth-order valence-corrected chi connectivity index (χ4v) is 3.00. The SMILES string of the molecule is Oc1ccc2c(c1)C1CCCCN1CC2. The van der Waals surface area contributed by atoms with Gasteiger partial charge < -0.3 is 5.11 Å². The van der Waals surface area contributed by atoms with Gasteiger partial charge in [0.25, 0.3) is 0 Å². The summed E-state index contributed by atoms with van der Waals surface area (Å²) in [7, 11) is 0. The van der Waals surface area contributed by atoms with Gasteiger partial charge in [0.05, 0.1) is 0 Å². The van der Waals surface area contributed by atoms with Crippen LogP contribution in [0.2, 0.25) is 0 Å². The number of piperidine rings is 1. The van der Waals surface area contributed by atoms with Crippen molar-refractivity contribution >= 4 is 0 Å². The average Bonchev–Trinajstić information content (AvgIpc) is 2.29. The van der Waals surface area contributed by atoms with E-state index < -0.39 is 0 Å². The van der Waals surface area contributed by atoms with Gasteiger partial charge in [0.1, 0.15) is 5.75 Å². The van der Waals surface area contributed by atoms with E-state index >= 15 is 0 Å². The highest BCUT2D eigenvalue weighted by Gasteiger charge is 2.29. The predicted molar refractivity (Wildman–Crippen MR) is 60.0 cm³/mol. The number of phenols is 1. The Morgan fingerprint density at radius 3 is 3.07 bits per heavy atom. The van der Waals surface area contributed by atoms with E-state index in [0.29, 0.717) is 11.8 Å². The topological polar surface area (TPSA) is 23.5 Å². The first-order chi connectivity index (χ1) is 7.34. The number of rotatable bonds is 0. The Balaban J connectivity index is 2.01. The Bertz CT molecular complexity index is 375. The maximum Gasteiger partial charge on any atom is 0.115 e. The van der Waals surface area contributed by atoms with Crippen LogP contribution in [0.1, 0.15) is 36.4 Å². The third-order valence-electron chi connectivity index (χ3n) is 3.77. The standard InChI is InChI=1S/C13H17NO/c15-11-5-4-10-6-8-14-7-2-1-3-13(14)12(10)9-11/h4-5,9,13,15H,1-3,6-8H2. The van der Waals surface area contributed by atoms with Crippen LogP contribution >= 0.6 is 0 Å². The van der Waals surface area contributed by atoms with Crippen LogP contribution in [-0.4, -0.2) is 23.1 Å². The van der Waals surface area contributed by atoms with Gasteiger partial charge in [0, 0.05) is 12.6 Å². The first-order valence-corrected chi connectivity index (χ1v) is 5.90. The number of fused-ring (bicyclic) bond motifs is 3. The van der Waals surface area contributed by atoms with Crippen molar-refractivity contribution in [3.63, 3.8) is 0 Å². The van der Waals surface area contributed by atoms with E-state index in [-0.39, 0.29) is 0 Å². The molecule has 15 heavy (non-hydrogen) atoms. The lowest BCUT2D eigenvalue weighted by Crippen LogP contribution is -2.38. The average molecular weight is 203 g/mol. The van der Waals surface area contributed by atoms with Crippen LogP contribution in [0, 0.1) is 0 Å². The van der Waals surface area contributed by atoms with Gasteiger partial charge in [-0.25, -0.2) is 0 Å². The minimum Gasteiger partial charge on any atom is -0.508 e. The van der Waals surface area contributed by atoms with Gasteiger partial charge in [-0.1, -0.05) is 12.5 Å². The molecule has 0 saturated carbocycles. The second-order valence-electron chi connectivity index (χ2n) is 4.68. The van der Waals surface area contributed by atoms with Crippen molar-refractivity contribution in [3.8, 4) is 5.75 Å². The molecule has 2 aliphatic rings. The van der Waals surface area contributed by atoms with Crippen molar-refractivity contribution in [3.05, 3.63) is 29.3 Å². The summed E-state index contributed by atoms with van der Waals surface area (Å²) >= 11 is 0. The molecule has 0 amide bonds. The Hall–Kier alpha value is -1.02. The minimum absolute atomic E-state index is 0.418. The second kappa shape index (κ2) is 3.53. The third kappa shape index (κ3) is 1.53. The summed E-state index contributed by atoms with van der Waals surface area (Å²) in [4.78, 5) is 2.57. The van der Waals surface area contributed by atoms with E-state index in [0.717, 1.165) is 6.42 Å². The van der Waals surface area contributed by atoms with Crippen molar-refractivity contribution in [2.24, 2.45) is 0 Å². The minimum atomic E-state index is 0.418. The molecule has 1 fully saturated rings. The van der Waals surface area contributed by atoms with Crippen LogP contribution in [0.15, 0.2) is 18.2 Å². The van der Waals surface area contributed by atoms with E-state index in [1.165, 1.54) is 43.5 Å². The number of hydrogen-bond acceptors (Lipinski definition) is 2. The lowest BCUT2D eigenvalue weighted by molar-refractivity contribution is 0.138. The van der Waals surface area contributed by atoms with Crippen LogP contribution in [0.3, 0.4) is 0 Å². The summed E-state index contributed by atoms with van der Waals surface area (Å²) < 4.78 is 0. The number of benzene rings is 1. The van der Waals surface area contributed by atoms with Crippen molar-refractivity contribution in [1.29, 1.82) is 0 Å². The number of phenolic OH excluding ortho intramolecular Hbond substituents is 1. The first kappa shape index (κ1) is 9.22. The number of hydrogen-bond donors (Lipinski definition) is 1. The van der Waals surface area contributed by atoms with Crippen LogP contribution < -0.4 is 0 Å². The van der Waals surface area contributed by atoms with Crippen molar-refractivity contribution in [1.82, 2.24) is 4.90 Å². The summed E-state index contributed by atoms with van der Waals surface area (Å²) in [6.45, 7) is 2.43. The molecule has 1 saturated heterocycles. The molecule has 1 atom stereocenters. The summed E-state index contributed by atoms with van der Waals surface area (Å²) in [5.74, 6) is 0.418. The maximum absolute atomic E-state index is 9.56. The maximum atomic E-state index is 9.56. The second-order valence-corrected chi connectivity index (χ2v) is 4.68. The molecule has 2 heterocycles. The molecule has 0 aromatic heterocycles. The molecule has 1 aromatic rings. The monoisotopic (exact) mass is 203 g/mol. The van der Waals surface area contributed by atoms with E-state index in [1.54, 1.807) is 0 Å². The molecule has 1 unspecified atom stereocenters. The fourth-order valence-electron chi connectivity index (χ4n) is 3.00. The fraction of sp³-hybridized carbons (Fsp3) is 0.538. The summed E-state index contributed by atoms with van der Waals surface area (Å²) in [5, 5.41) is 9.56. The predicted octanol–water partition coefficient (Wildman–Crippen LogP) is 2.48. The van der Waals surface area contributed by atoms with Crippen LogP contribution in [0.25, 0.3) is 0 Å².